The summed E-state index contributed by atoms with van der Waals surface area (Å²) in [5.41, 5.74) is 1.95. The van der Waals surface area contributed by atoms with E-state index in [9.17, 15) is 9.59 Å². The molecule has 0 spiro atoms. The van der Waals surface area contributed by atoms with Crippen molar-refractivity contribution in [2.24, 2.45) is 0 Å². The van der Waals surface area contributed by atoms with E-state index in [2.05, 4.69) is 30.6 Å². The van der Waals surface area contributed by atoms with Gasteiger partial charge >= 0.3 is 6.09 Å². The molecular formula is C24H32N8O4. The molecule has 0 bridgehead atoms. The third kappa shape index (κ3) is 5.81. The first kappa shape index (κ1) is 25.1. The van der Waals surface area contributed by atoms with E-state index in [1.54, 1.807) is 11.1 Å². The number of nitrogens with one attached hydrogen (secondary N) is 2. The number of fused-ring (bicyclic) bond motifs is 1. The number of carbonyl (C=O) groups is 2. The molecule has 3 aromatic heterocycles. The van der Waals surface area contributed by atoms with Crippen molar-refractivity contribution < 1.29 is 19.1 Å². The lowest BCUT2D eigenvalue weighted by molar-refractivity contribution is 0.0210. The Morgan fingerprint density at radius 1 is 1.08 bits per heavy atom. The lowest BCUT2D eigenvalue weighted by Gasteiger charge is -2.33. The van der Waals surface area contributed by atoms with E-state index in [0.29, 0.717) is 43.4 Å². The second-order valence-electron chi connectivity index (χ2n) is 9.78. The highest BCUT2D eigenvalue weighted by Gasteiger charge is 2.27. The Kier molecular flexibility index (Phi) is 6.95. The number of carbonyl (C=O) groups excluding carboxylic acids is 2. The number of ether oxygens (including phenoxy) is 2. The van der Waals surface area contributed by atoms with Crippen molar-refractivity contribution in [1.82, 2.24) is 29.2 Å². The standard InChI is InChI=1S/C24H32N8O4/c1-14-12-32-13-18(27-15(2)19(32)26-14)29-20(33)17-11-25-22(30-21(17)35-6)28-16-7-9-31(10-8-16)23(34)36-24(3,4)5/h11-13,16H,7-10H2,1-6H3,(H,29,33)(H,25,28,30). The maximum Gasteiger partial charge on any atom is 0.410 e. The second kappa shape index (κ2) is 9.96. The first-order valence-electron chi connectivity index (χ1n) is 11.8. The van der Waals surface area contributed by atoms with Gasteiger partial charge in [-0.25, -0.2) is 19.7 Å². The summed E-state index contributed by atoms with van der Waals surface area (Å²) in [6.07, 6.45) is 6.12. The zero-order chi connectivity index (χ0) is 26.0. The molecule has 12 nitrogen and oxygen atoms in total. The summed E-state index contributed by atoms with van der Waals surface area (Å²) in [6, 6.07) is 0.0746. The first-order chi connectivity index (χ1) is 17.0. The van der Waals surface area contributed by atoms with Gasteiger partial charge in [-0.1, -0.05) is 0 Å². The van der Waals surface area contributed by atoms with Gasteiger partial charge in [0.25, 0.3) is 5.91 Å². The minimum absolute atomic E-state index is 0.0746. The molecule has 3 aromatic rings. The molecule has 0 atom stereocenters. The van der Waals surface area contributed by atoms with Crippen molar-refractivity contribution in [3.63, 3.8) is 0 Å². The van der Waals surface area contributed by atoms with Crippen LogP contribution in [0.25, 0.3) is 5.65 Å². The summed E-state index contributed by atoms with van der Waals surface area (Å²) < 4.78 is 12.6. The highest BCUT2D eigenvalue weighted by Crippen LogP contribution is 2.22. The highest BCUT2D eigenvalue weighted by molar-refractivity contribution is 6.05. The van der Waals surface area contributed by atoms with Crippen molar-refractivity contribution in [3.8, 4) is 5.88 Å². The van der Waals surface area contributed by atoms with Gasteiger partial charge < -0.3 is 29.4 Å². The van der Waals surface area contributed by atoms with E-state index in [0.717, 1.165) is 11.3 Å². The van der Waals surface area contributed by atoms with E-state index in [1.165, 1.54) is 13.3 Å². The number of imidazole rings is 1. The minimum atomic E-state index is -0.523. The van der Waals surface area contributed by atoms with Crippen LogP contribution in [0, 0.1) is 13.8 Å². The SMILES string of the molecule is COc1nc(NC2CCN(C(=O)OC(C)(C)C)CC2)ncc1C(=O)Nc1cn2cc(C)nc2c(C)n1. The zero-order valence-electron chi connectivity index (χ0n) is 21.5. The summed E-state index contributed by atoms with van der Waals surface area (Å²) in [4.78, 5) is 44.4. The number of hydrogen-bond acceptors (Lipinski definition) is 9. The quantitative estimate of drug-likeness (QED) is 0.546. The average molecular weight is 497 g/mol. The van der Waals surface area contributed by atoms with Crippen molar-refractivity contribution in [3.05, 3.63) is 35.5 Å². The van der Waals surface area contributed by atoms with Crippen LogP contribution in [0.5, 0.6) is 5.88 Å². The molecule has 1 aliphatic heterocycles. The van der Waals surface area contributed by atoms with E-state index >= 15 is 0 Å². The average Bonchev–Trinajstić information content (AvgIpc) is 3.19. The number of likely N-dealkylation sites (tertiary alicyclic amines) is 1. The fourth-order valence-corrected chi connectivity index (χ4v) is 3.98. The van der Waals surface area contributed by atoms with E-state index in [1.807, 2.05) is 45.2 Å². The molecule has 36 heavy (non-hydrogen) atoms. The van der Waals surface area contributed by atoms with E-state index < -0.39 is 11.5 Å². The molecule has 192 valence electrons. The summed E-state index contributed by atoms with van der Waals surface area (Å²) in [5, 5.41) is 6.05. The van der Waals surface area contributed by atoms with Gasteiger partial charge in [0.2, 0.25) is 11.8 Å². The van der Waals surface area contributed by atoms with Crippen LogP contribution in [0.2, 0.25) is 0 Å². The summed E-state index contributed by atoms with van der Waals surface area (Å²) >= 11 is 0. The highest BCUT2D eigenvalue weighted by atomic mass is 16.6. The molecule has 0 unspecified atom stereocenters. The van der Waals surface area contributed by atoms with Crippen LogP contribution in [-0.4, -0.2) is 73.1 Å². The molecule has 1 saturated heterocycles. The monoisotopic (exact) mass is 496 g/mol. The molecular weight excluding hydrogens is 464 g/mol. The molecule has 4 heterocycles. The molecule has 0 saturated carbocycles. The van der Waals surface area contributed by atoms with Gasteiger partial charge in [0, 0.05) is 31.5 Å². The molecule has 12 heteroatoms. The molecule has 1 fully saturated rings. The predicted molar refractivity (Wildman–Crippen MR) is 133 cm³/mol. The van der Waals surface area contributed by atoms with Gasteiger partial charge in [-0.3, -0.25) is 4.79 Å². The molecule has 0 aromatic carbocycles. The Hall–Kier alpha value is -3.96. The van der Waals surface area contributed by atoms with Crippen LogP contribution in [0.3, 0.4) is 0 Å². The number of aryl methyl sites for hydroxylation is 2. The van der Waals surface area contributed by atoms with Crippen LogP contribution < -0.4 is 15.4 Å². The number of aromatic nitrogens is 5. The topological polar surface area (TPSA) is 136 Å². The Bertz CT molecular complexity index is 1280. The maximum absolute atomic E-state index is 12.9. The first-order valence-corrected chi connectivity index (χ1v) is 11.8. The van der Waals surface area contributed by atoms with Crippen molar-refractivity contribution in [2.45, 2.75) is 59.1 Å². The van der Waals surface area contributed by atoms with Gasteiger partial charge in [-0.2, -0.15) is 4.98 Å². The number of amides is 2. The molecule has 0 radical (unpaired) electrons. The normalized spacial score (nSPS) is 14.6. The number of hydrogen-bond donors (Lipinski definition) is 2. The number of nitrogens with zero attached hydrogens (tertiary/aromatic N) is 6. The molecule has 2 amide bonds. The van der Waals surface area contributed by atoms with Gasteiger partial charge in [0.15, 0.2) is 5.65 Å². The van der Waals surface area contributed by atoms with Gasteiger partial charge in [-0.05, 0) is 47.5 Å². The Balaban J connectivity index is 1.39. The van der Waals surface area contributed by atoms with Crippen LogP contribution in [0.1, 0.15) is 55.4 Å². The summed E-state index contributed by atoms with van der Waals surface area (Å²) in [7, 11) is 1.45. The number of piperidine rings is 1. The fraction of sp³-hybridized carbons (Fsp3) is 0.500. The van der Waals surface area contributed by atoms with Crippen molar-refractivity contribution in [1.29, 1.82) is 0 Å². The van der Waals surface area contributed by atoms with Crippen molar-refractivity contribution in [2.75, 3.05) is 30.8 Å². The third-order valence-corrected chi connectivity index (χ3v) is 5.64. The number of methoxy groups -OCH3 is 1. The Morgan fingerprint density at radius 2 is 1.81 bits per heavy atom. The lowest BCUT2D eigenvalue weighted by atomic mass is 10.1. The van der Waals surface area contributed by atoms with Crippen LogP contribution in [0.15, 0.2) is 18.6 Å². The van der Waals surface area contributed by atoms with E-state index in [4.69, 9.17) is 9.47 Å². The number of rotatable bonds is 5. The Labute approximate surface area is 209 Å². The second-order valence-corrected chi connectivity index (χ2v) is 9.78. The largest absolute Gasteiger partial charge is 0.480 e. The van der Waals surface area contributed by atoms with Gasteiger partial charge in [0.05, 0.1) is 24.7 Å². The third-order valence-electron chi connectivity index (χ3n) is 5.64. The Morgan fingerprint density at radius 3 is 2.47 bits per heavy atom. The van der Waals surface area contributed by atoms with Gasteiger partial charge in [-0.15, -0.1) is 0 Å². The van der Waals surface area contributed by atoms with Crippen LogP contribution in [0.4, 0.5) is 16.6 Å². The fourth-order valence-electron chi connectivity index (χ4n) is 3.98. The zero-order valence-corrected chi connectivity index (χ0v) is 21.5. The number of anilines is 2. The predicted octanol–water partition coefficient (Wildman–Crippen LogP) is 3.21. The smallest absolute Gasteiger partial charge is 0.410 e. The maximum atomic E-state index is 12.9. The van der Waals surface area contributed by atoms with Gasteiger partial charge in [0.1, 0.15) is 17.0 Å². The summed E-state index contributed by atoms with van der Waals surface area (Å²) in [6.45, 7) is 10.4. The van der Waals surface area contributed by atoms with Crippen molar-refractivity contribution >= 4 is 29.4 Å². The molecule has 4 rings (SSSR count). The van der Waals surface area contributed by atoms with Crippen LogP contribution in [-0.2, 0) is 4.74 Å². The summed E-state index contributed by atoms with van der Waals surface area (Å²) in [5.74, 6) is 0.437. The lowest BCUT2D eigenvalue weighted by Crippen LogP contribution is -2.44. The van der Waals surface area contributed by atoms with Crippen LogP contribution >= 0.6 is 0 Å². The molecule has 1 aliphatic rings. The minimum Gasteiger partial charge on any atom is -0.480 e. The molecule has 0 aliphatic carbocycles. The molecule has 2 N–H and O–H groups in total. The van der Waals surface area contributed by atoms with E-state index in [-0.39, 0.29) is 23.6 Å².